The van der Waals surface area contributed by atoms with Gasteiger partial charge in [0.1, 0.15) is 5.75 Å². The van der Waals surface area contributed by atoms with E-state index in [-0.39, 0.29) is 29.0 Å². The second-order valence-corrected chi connectivity index (χ2v) is 5.39. The van der Waals surface area contributed by atoms with Crippen LogP contribution in [-0.2, 0) is 16.1 Å². The largest absolute Gasteiger partial charge is 0.508 e. The second-order valence-electron chi connectivity index (χ2n) is 4.90. The highest BCUT2D eigenvalue weighted by atomic mass is 32.1. The number of nitrogens with one attached hydrogen (secondary N) is 1. The second kappa shape index (κ2) is 4.54. The average Bonchev–Trinajstić information content (AvgIpc) is 2.66. The summed E-state index contributed by atoms with van der Waals surface area (Å²) in [5.74, 6) is -0.261. The molecule has 1 aromatic carbocycles. The standard InChI is InChI=1S/C13H14N2O3S/c16-8-1-2-9-7(5-8)6-15(13(9)19)10-3-4-11(17)14-12(10)18/h1-2,5,10,13,16,19H,3-4,6H2,(H,14,17,18). The van der Waals surface area contributed by atoms with Gasteiger partial charge in [-0.3, -0.25) is 19.8 Å². The molecular weight excluding hydrogens is 264 g/mol. The molecule has 0 spiro atoms. The molecule has 0 bridgehead atoms. The third kappa shape index (κ3) is 2.11. The molecule has 0 saturated carbocycles. The molecule has 1 saturated heterocycles. The van der Waals surface area contributed by atoms with Crippen molar-refractivity contribution in [3.63, 3.8) is 0 Å². The van der Waals surface area contributed by atoms with Gasteiger partial charge in [0, 0.05) is 13.0 Å². The van der Waals surface area contributed by atoms with Crippen LogP contribution in [0, 0.1) is 0 Å². The first kappa shape index (κ1) is 12.5. The van der Waals surface area contributed by atoms with Crippen LogP contribution in [0.5, 0.6) is 5.75 Å². The number of hydrogen-bond acceptors (Lipinski definition) is 5. The summed E-state index contributed by atoms with van der Waals surface area (Å²) in [6.07, 6.45) is 0.872. The number of phenolic OH excluding ortho intramolecular Hbond substituents is 1. The number of fused-ring (bicyclic) bond motifs is 1. The molecule has 1 fully saturated rings. The number of aromatic hydroxyl groups is 1. The Labute approximate surface area is 116 Å². The molecule has 2 aliphatic rings. The van der Waals surface area contributed by atoms with Crippen molar-refractivity contribution >= 4 is 24.4 Å². The summed E-state index contributed by atoms with van der Waals surface area (Å²) >= 11 is 4.55. The molecule has 2 amide bonds. The summed E-state index contributed by atoms with van der Waals surface area (Å²) < 4.78 is 0. The Morgan fingerprint density at radius 2 is 2.16 bits per heavy atom. The number of piperidine rings is 1. The maximum absolute atomic E-state index is 11.9. The first-order valence-corrected chi connectivity index (χ1v) is 6.67. The molecule has 3 rings (SSSR count). The quantitative estimate of drug-likeness (QED) is 0.528. The fraction of sp³-hybridized carbons (Fsp3) is 0.385. The number of thiol groups is 1. The molecular formula is C13H14N2O3S. The van der Waals surface area contributed by atoms with E-state index in [1.54, 1.807) is 12.1 Å². The van der Waals surface area contributed by atoms with Crippen molar-refractivity contribution in [1.29, 1.82) is 0 Å². The monoisotopic (exact) mass is 278 g/mol. The van der Waals surface area contributed by atoms with Gasteiger partial charge in [-0.15, -0.1) is 0 Å². The zero-order valence-corrected chi connectivity index (χ0v) is 11.1. The van der Waals surface area contributed by atoms with Crippen LogP contribution in [-0.4, -0.2) is 27.9 Å². The Bertz CT molecular complexity index is 561. The molecule has 0 aromatic heterocycles. The topological polar surface area (TPSA) is 69.6 Å². The van der Waals surface area contributed by atoms with E-state index in [9.17, 15) is 14.7 Å². The Morgan fingerprint density at radius 1 is 1.37 bits per heavy atom. The first-order valence-electron chi connectivity index (χ1n) is 6.15. The van der Waals surface area contributed by atoms with Gasteiger partial charge in [0.15, 0.2) is 0 Å². The van der Waals surface area contributed by atoms with E-state index < -0.39 is 0 Å². The summed E-state index contributed by atoms with van der Waals surface area (Å²) in [6.45, 7) is 0.560. The van der Waals surface area contributed by atoms with Gasteiger partial charge >= 0.3 is 0 Å². The Kier molecular flexibility index (Phi) is 2.99. The number of amides is 2. The smallest absolute Gasteiger partial charge is 0.243 e. The van der Waals surface area contributed by atoms with Crippen LogP contribution in [0.2, 0.25) is 0 Å². The number of nitrogens with zero attached hydrogens (tertiary/aromatic N) is 1. The Balaban J connectivity index is 1.85. The maximum atomic E-state index is 11.9. The average molecular weight is 278 g/mol. The zero-order chi connectivity index (χ0) is 13.6. The molecule has 2 atom stereocenters. The minimum atomic E-state index is -0.338. The van der Waals surface area contributed by atoms with E-state index in [1.807, 2.05) is 11.0 Å². The molecule has 1 aromatic rings. The minimum absolute atomic E-state index is 0.181. The molecule has 0 aliphatic carbocycles. The van der Waals surface area contributed by atoms with Crippen LogP contribution in [0.1, 0.15) is 29.3 Å². The lowest BCUT2D eigenvalue weighted by Gasteiger charge is -2.32. The van der Waals surface area contributed by atoms with Crippen molar-refractivity contribution in [3.05, 3.63) is 29.3 Å². The predicted molar refractivity (Wildman–Crippen MR) is 71.5 cm³/mol. The fourth-order valence-electron chi connectivity index (χ4n) is 2.72. The highest BCUT2D eigenvalue weighted by molar-refractivity contribution is 7.80. The number of rotatable bonds is 1. The van der Waals surface area contributed by atoms with Gasteiger partial charge in [-0.05, 0) is 29.7 Å². The van der Waals surface area contributed by atoms with Crippen molar-refractivity contribution in [2.75, 3.05) is 0 Å². The third-order valence-corrected chi connectivity index (χ3v) is 4.26. The molecule has 2 N–H and O–H groups in total. The van der Waals surface area contributed by atoms with Gasteiger partial charge in [0.2, 0.25) is 11.8 Å². The lowest BCUT2D eigenvalue weighted by molar-refractivity contribution is -0.137. The molecule has 2 heterocycles. The van der Waals surface area contributed by atoms with Crippen LogP contribution in [0.15, 0.2) is 18.2 Å². The lowest BCUT2D eigenvalue weighted by Crippen LogP contribution is -2.51. The third-order valence-electron chi connectivity index (χ3n) is 3.68. The van der Waals surface area contributed by atoms with Gasteiger partial charge in [0.25, 0.3) is 0 Å². The van der Waals surface area contributed by atoms with Crippen molar-refractivity contribution in [1.82, 2.24) is 10.2 Å². The van der Waals surface area contributed by atoms with Gasteiger partial charge in [-0.25, -0.2) is 0 Å². The summed E-state index contributed by atoms with van der Waals surface area (Å²) in [5, 5.41) is 11.7. The van der Waals surface area contributed by atoms with Crippen molar-refractivity contribution < 1.29 is 14.7 Å². The number of imide groups is 1. The predicted octanol–water partition coefficient (Wildman–Crippen LogP) is 0.941. The fourth-order valence-corrected chi connectivity index (χ4v) is 3.22. The Hall–Kier alpha value is -1.53. The number of carbonyl (C=O) groups is 2. The summed E-state index contributed by atoms with van der Waals surface area (Å²) in [5.41, 5.74) is 1.98. The minimum Gasteiger partial charge on any atom is -0.508 e. The van der Waals surface area contributed by atoms with E-state index in [2.05, 4.69) is 17.9 Å². The van der Waals surface area contributed by atoms with Gasteiger partial charge in [-0.2, -0.15) is 12.6 Å². The van der Waals surface area contributed by atoms with E-state index in [1.165, 1.54) is 0 Å². The molecule has 6 heteroatoms. The highest BCUT2D eigenvalue weighted by Crippen LogP contribution is 2.40. The number of benzene rings is 1. The van der Waals surface area contributed by atoms with E-state index >= 15 is 0 Å². The molecule has 5 nitrogen and oxygen atoms in total. The van der Waals surface area contributed by atoms with E-state index in [4.69, 9.17) is 0 Å². The van der Waals surface area contributed by atoms with E-state index in [0.29, 0.717) is 19.4 Å². The molecule has 100 valence electrons. The number of carbonyl (C=O) groups excluding carboxylic acids is 2. The lowest BCUT2D eigenvalue weighted by atomic mass is 10.0. The van der Waals surface area contributed by atoms with Crippen LogP contribution >= 0.6 is 12.6 Å². The molecule has 2 unspecified atom stereocenters. The maximum Gasteiger partial charge on any atom is 0.243 e. The number of phenols is 1. The van der Waals surface area contributed by atoms with Crippen LogP contribution in [0.4, 0.5) is 0 Å². The zero-order valence-electron chi connectivity index (χ0n) is 10.2. The van der Waals surface area contributed by atoms with E-state index in [0.717, 1.165) is 11.1 Å². The SMILES string of the molecule is O=C1CCC(N2Cc3cc(O)ccc3C2S)C(=O)N1. The molecule has 2 aliphatic heterocycles. The van der Waals surface area contributed by atoms with Gasteiger partial charge < -0.3 is 5.11 Å². The molecule has 19 heavy (non-hydrogen) atoms. The highest BCUT2D eigenvalue weighted by Gasteiger charge is 2.38. The Morgan fingerprint density at radius 3 is 2.89 bits per heavy atom. The van der Waals surface area contributed by atoms with Crippen molar-refractivity contribution in [2.45, 2.75) is 30.8 Å². The summed E-state index contributed by atoms with van der Waals surface area (Å²) in [6, 6.07) is 4.81. The molecule has 0 radical (unpaired) electrons. The normalized spacial score (nSPS) is 27.2. The van der Waals surface area contributed by atoms with Crippen LogP contribution < -0.4 is 5.32 Å². The first-order chi connectivity index (χ1) is 9.06. The van der Waals surface area contributed by atoms with Gasteiger partial charge in [-0.1, -0.05) is 6.07 Å². The summed E-state index contributed by atoms with van der Waals surface area (Å²) in [7, 11) is 0. The van der Waals surface area contributed by atoms with Crippen molar-refractivity contribution in [2.24, 2.45) is 0 Å². The van der Waals surface area contributed by atoms with Crippen LogP contribution in [0.3, 0.4) is 0 Å². The summed E-state index contributed by atoms with van der Waals surface area (Å²) in [4.78, 5) is 25.0. The van der Waals surface area contributed by atoms with Crippen molar-refractivity contribution in [3.8, 4) is 5.75 Å². The van der Waals surface area contributed by atoms with Crippen LogP contribution in [0.25, 0.3) is 0 Å². The number of hydrogen-bond donors (Lipinski definition) is 3. The van der Waals surface area contributed by atoms with Gasteiger partial charge in [0.05, 0.1) is 11.4 Å².